The number of amides is 1. The molecule has 5 nitrogen and oxygen atoms in total. The highest BCUT2D eigenvalue weighted by atomic mass is 35.5. The second-order valence-corrected chi connectivity index (χ2v) is 9.79. The molecule has 9 heteroatoms. The van der Waals surface area contributed by atoms with Gasteiger partial charge in [-0.25, -0.2) is 8.78 Å². The number of fused-ring (bicyclic) bond motifs is 1. The van der Waals surface area contributed by atoms with Gasteiger partial charge in [0, 0.05) is 47.3 Å². The van der Waals surface area contributed by atoms with Crippen LogP contribution < -0.4 is 11.1 Å². The molecule has 31 heavy (non-hydrogen) atoms. The maximum absolute atomic E-state index is 13.4. The molecule has 2 aliphatic heterocycles. The third-order valence-corrected chi connectivity index (χ3v) is 7.31. The van der Waals surface area contributed by atoms with Gasteiger partial charge in [0.1, 0.15) is 6.04 Å². The Morgan fingerprint density at radius 2 is 1.94 bits per heavy atom. The molecule has 0 radical (unpaired) electrons. The first kappa shape index (κ1) is 22.3. The molecule has 0 bridgehead atoms. The number of Topliss-reactive ketones (excluding diaryl/α,β-unsaturated/α-hetero) is 1. The van der Waals surface area contributed by atoms with Gasteiger partial charge in [0.15, 0.2) is 5.78 Å². The van der Waals surface area contributed by atoms with E-state index in [1.165, 1.54) is 11.8 Å². The van der Waals surface area contributed by atoms with E-state index < -0.39 is 18.0 Å². The maximum atomic E-state index is 13.4. The number of benzene rings is 1. The van der Waals surface area contributed by atoms with Crippen molar-refractivity contribution in [2.75, 3.05) is 5.75 Å². The van der Waals surface area contributed by atoms with Crippen molar-refractivity contribution in [1.29, 1.82) is 0 Å². The lowest BCUT2D eigenvalue weighted by Crippen LogP contribution is -2.52. The van der Waals surface area contributed by atoms with Gasteiger partial charge in [-0.1, -0.05) is 23.7 Å². The van der Waals surface area contributed by atoms with Crippen molar-refractivity contribution < 1.29 is 18.4 Å². The first-order chi connectivity index (χ1) is 14.7. The molecule has 3 N–H and O–H groups in total. The third kappa shape index (κ3) is 5.13. The van der Waals surface area contributed by atoms with Crippen LogP contribution in [-0.4, -0.2) is 46.4 Å². The molecule has 0 aromatic heterocycles. The van der Waals surface area contributed by atoms with Crippen molar-refractivity contribution in [3.63, 3.8) is 0 Å². The molecule has 1 saturated carbocycles. The number of carbonyl (C=O) groups excluding carboxylic acids is 2. The zero-order valence-electron chi connectivity index (χ0n) is 16.8. The molecule has 3 aliphatic rings. The fourth-order valence-electron chi connectivity index (χ4n) is 4.10. The number of nitrogens with one attached hydrogen (secondary N) is 1. The van der Waals surface area contributed by atoms with E-state index in [4.69, 9.17) is 17.3 Å². The summed E-state index contributed by atoms with van der Waals surface area (Å²) in [5, 5.41) is 3.50. The van der Waals surface area contributed by atoms with Crippen molar-refractivity contribution in [3.05, 3.63) is 57.6 Å². The highest BCUT2D eigenvalue weighted by molar-refractivity contribution is 8.03. The second-order valence-electron chi connectivity index (χ2n) is 8.26. The van der Waals surface area contributed by atoms with Crippen LogP contribution in [0.3, 0.4) is 0 Å². The molecule has 1 amide bonds. The van der Waals surface area contributed by atoms with E-state index in [1.807, 2.05) is 17.0 Å². The van der Waals surface area contributed by atoms with Gasteiger partial charge in [0.2, 0.25) is 5.92 Å². The van der Waals surface area contributed by atoms with Crippen LogP contribution in [0.4, 0.5) is 8.78 Å². The van der Waals surface area contributed by atoms with Gasteiger partial charge in [-0.05, 0) is 36.6 Å². The number of alkyl halides is 2. The molecule has 1 unspecified atom stereocenters. The SMILES string of the molecule is N[C@H]1CSC2=CC(C(=O)NC3CCC(F)(F)CC3)=CN(Cc3ccc(Cl)cc3)C2C1=O. The summed E-state index contributed by atoms with van der Waals surface area (Å²) in [6.07, 6.45) is 3.47. The molecular formula is C22H24ClF2N3O2S. The number of thioether (sulfide) groups is 1. The monoisotopic (exact) mass is 467 g/mol. The van der Waals surface area contributed by atoms with Gasteiger partial charge < -0.3 is 16.0 Å². The fourth-order valence-corrected chi connectivity index (χ4v) is 5.38. The number of ketones is 1. The van der Waals surface area contributed by atoms with Crippen molar-refractivity contribution in [2.24, 2.45) is 5.73 Å². The zero-order chi connectivity index (χ0) is 22.2. The number of carbonyl (C=O) groups is 2. The average molecular weight is 468 g/mol. The Morgan fingerprint density at radius 1 is 1.26 bits per heavy atom. The van der Waals surface area contributed by atoms with Crippen LogP contribution in [0.5, 0.6) is 0 Å². The molecule has 1 aliphatic carbocycles. The van der Waals surface area contributed by atoms with Gasteiger partial charge in [-0.15, -0.1) is 11.8 Å². The smallest absolute Gasteiger partial charge is 0.252 e. The minimum Gasteiger partial charge on any atom is -0.358 e. The number of nitrogens with two attached hydrogens (primary N) is 1. The first-order valence-corrected chi connectivity index (χ1v) is 11.6. The molecule has 2 fully saturated rings. The minimum absolute atomic E-state index is 0.0795. The van der Waals surface area contributed by atoms with E-state index in [0.29, 0.717) is 22.9 Å². The van der Waals surface area contributed by atoms with Crippen LogP contribution in [-0.2, 0) is 16.1 Å². The van der Waals surface area contributed by atoms with Crippen LogP contribution in [0.1, 0.15) is 31.2 Å². The zero-order valence-corrected chi connectivity index (χ0v) is 18.4. The molecule has 1 saturated heterocycles. The summed E-state index contributed by atoms with van der Waals surface area (Å²) in [5.41, 5.74) is 7.35. The molecule has 166 valence electrons. The van der Waals surface area contributed by atoms with Crippen molar-refractivity contribution in [3.8, 4) is 0 Å². The summed E-state index contributed by atoms with van der Waals surface area (Å²) in [4.78, 5) is 28.4. The maximum Gasteiger partial charge on any atom is 0.252 e. The van der Waals surface area contributed by atoms with E-state index >= 15 is 0 Å². The number of rotatable bonds is 4. The highest BCUT2D eigenvalue weighted by Crippen LogP contribution is 2.36. The molecule has 2 atom stereocenters. The molecule has 1 aromatic carbocycles. The number of hydrogen-bond donors (Lipinski definition) is 2. The highest BCUT2D eigenvalue weighted by Gasteiger charge is 2.40. The second kappa shape index (κ2) is 8.92. The summed E-state index contributed by atoms with van der Waals surface area (Å²) in [5.74, 6) is -2.58. The molecule has 0 spiro atoms. The van der Waals surface area contributed by atoms with E-state index in [1.54, 1.807) is 24.4 Å². The Labute approximate surface area is 189 Å². The summed E-state index contributed by atoms with van der Waals surface area (Å²) in [6, 6.07) is 5.92. The average Bonchev–Trinajstić information content (AvgIpc) is 2.73. The van der Waals surface area contributed by atoms with Crippen molar-refractivity contribution >= 4 is 35.1 Å². The molecule has 2 heterocycles. The first-order valence-electron chi connectivity index (χ1n) is 10.3. The lowest BCUT2D eigenvalue weighted by molar-refractivity contribution is -0.123. The number of halogens is 3. The normalized spacial score (nSPS) is 26.1. The van der Waals surface area contributed by atoms with Crippen LogP contribution in [0.25, 0.3) is 0 Å². The van der Waals surface area contributed by atoms with Crippen molar-refractivity contribution in [1.82, 2.24) is 10.2 Å². The Hall–Kier alpha value is -1.90. The standard InChI is InChI=1S/C22H24ClF2N3O2S/c23-15-3-1-13(2-4-15)10-28-11-14(9-18-19(28)20(29)17(26)12-31-18)21(30)27-16-5-7-22(24,25)8-6-16/h1-4,9,11,16-17,19H,5-8,10,12,26H2,(H,27,30)/t17-,19?/m0/s1. The molecular weight excluding hydrogens is 444 g/mol. The molecule has 4 rings (SSSR count). The van der Waals surface area contributed by atoms with Gasteiger partial charge in [0.05, 0.1) is 11.6 Å². The predicted molar refractivity (Wildman–Crippen MR) is 118 cm³/mol. The van der Waals surface area contributed by atoms with E-state index in [9.17, 15) is 18.4 Å². The topological polar surface area (TPSA) is 75.4 Å². The summed E-state index contributed by atoms with van der Waals surface area (Å²) >= 11 is 7.45. The fraction of sp³-hybridized carbons (Fsp3) is 0.455. The summed E-state index contributed by atoms with van der Waals surface area (Å²) < 4.78 is 26.8. The number of hydrogen-bond acceptors (Lipinski definition) is 5. The van der Waals surface area contributed by atoms with Crippen LogP contribution >= 0.6 is 23.4 Å². The van der Waals surface area contributed by atoms with Gasteiger partial charge in [-0.3, -0.25) is 9.59 Å². The number of nitrogens with zero attached hydrogens (tertiary/aromatic N) is 1. The quantitative estimate of drug-likeness (QED) is 0.707. The predicted octanol–water partition coefficient (Wildman–Crippen LogP) is 3.63. The van der Waals surface area contributed by atoms with Crippen LogP contribution in [0, 0.1) is 0 Å². The van der Waals surface area contributed by atoms with E-state index in [-0.39, 0.29) is 43.4 Å². The Kier molecular flexibility index (Phi) is 6.42. The summed E-state index contributed by atoms with van der Waals surface area (Å²) in [7, 11) is 0. The third-order valence-electron chi connectivity index (χ3n) is 5.86. The van der Waals surface area contributed by atoms with E-state index in [0.717, 1.165) is 10.5 Å². The lowest BCUT2D eigenvalue weighted by Gasteiger charge is -2.39. The van der Waals surface area contributed by atoms with Crippen LogP contribution in [0.2, 0.25) is 5.02 Å². The van der Waals surface area contributed by atoms with E-state index in [2.05, 4.69) is 5.32 Å². The van der Waals surface area contributed by atoms with Gasteiger partial charge >= 0.3 is 0 Å². The lowest BCUT2D eigenvalue weighted by atomic mass is 9.92. The van der Waals surface area contributed by atoms with Crippen molar-refractivity contribution in [2.45, 2.75) is 56.3 Å². The Morgan fingerprint density at radius 3 is 2.61 bits per heavy atom. The molecule has 1 aromatic rings. The van der Waals surface area contributed by atoms with Gasteiger partial charge in [0.25, 0.3) is 5.91 Å². The minimum atomic E-state index is -2.65. The Balaban J connectivity index is 1.54. The largest absolute Gasteiger partial charge is 0.358 e. The Bertz CT molecular complexity index is 925. The van der Waals surface area contributed by atoms with Gasteiger partial charge in [-0.2, -0.15) is 0 Å². The summed E-state index contributed by atoms with van der Waals surface area (Å²) in [6.45, 7) is 0.407. The van der Waals surface area contributed by atoms with Crippen LogP contribution in [0.15, 0.2) is 47.0 Å².